The first-order valence-electron chi connectivity index (χ1n) is 12.4. The summed E-state index contributed by atoms with van der Waals surface area (Å²) in [6, 6.07) is 21.4. The largest absolute Gasteiger partial charge is 0.357 e. The quantitative estimate of drug-likeness (QED) is 0.249. The number of hydrogen-bond acceptors (Lipinski definition) is 4. The van der Waals surface area contributed by atoms with Crippen molar-refractivity contribution in [3.63, 3.8) is 0 Å². The summed E-state index contributed by atoms with van der Waals surface area (Å²) in [6.45, 7) is 9.85. The second-order valence-electron chi connectivity index (χ2n) is 8.95. The predicted octanol–water partition coefficient (Wildman–Crippen LogP) is 5.87. The molecular weight excluding hydrogens is 430 g/mol. The van der Waals surface area contributed by atoms with Gasteiger partial charge >= 0.3 is 0 Å². The van der Waals surface area contributed by atoms with Crippen molar-refractivity contribution in [1.82, 2.24) is 15.1 Å². The Bertz CT molecular complexity index is 1170. The van der Waals surface area contributed by atoms with Crippen molar-refractivity contribution in [2.24, 2.45) is 4.99 Å². The molecule has 0 saturated carbocycles. The Balaban J connectivity index is 1.52. The number of piperazine rings is 1. The van der Waals surface area contributed by atoms with Crippen molar-refractivity contribution in [2.75, 3.05) is 31.1 Å². The molecule has 35 heavy (non-hydrogen) atoms. The number of allylic oxidation sites excluding steroid dienone is 3. The van der Waals surface area contributed by atoms with Gasteiger partial charge in [-0.15, -0.1) is 10.2 Å². The van der Waals surface area contributed by atoms with E-state index >= 15 is 0 Å². The predicted molar refractivity (Wildman–Crippen MR) is 147 cm³/mol. The fourth-order valence-electron chi connectivity index (χ4n) is 4.30. The topological polar surface area (TPSA) is 44.6 Å². The molecule has 3 aromatic rings. The third-order valence-electron chi connectivity index (χ3n) is 6.41. The van der Waals surface area contributed by atoms with Gasteiger partial charge in [0.05, 0.1) is 5.69 Å². The number of amidine groups is 1. The smallest absolute Gasteiger partial charge is 0.154 e. The molecule has 0 radical (unpaired) electrons. The molecule has 2 aromatic carbocycles. The number of hydrogen-bond donors (Lipinski definition) is 0. The zero-order valence-electron chi connectivity index (χ0n) is 21.1. The Morgan fingerprint density at radius 1 is 0.914 bits per heavy atom. The monoisotopic (exact) mass is 465 g/mol. The molecular formula is C30H35N5. The number of anilines is 1. The average Bonchev–Trinajstić information content (AvgIpc) is 2.91. The van der Waals surface area contributed by atoms with Crippen LogP contribution in [-0.2, 0) is 12.8 Å². The van der Waals surface area contributed by atoms with Crippen molar-refractivity contribution >= 4 is 11.7 Å². The third kappa shape index (κ3) is 6.66. The molecule has 0 atom stereocenters. The number of nitrogens with zero attached hydrogens (tertiary/aromatic N) is 5. The minimum atomic E-state index is 0.905. The van der Waals surface area contributed by atoms with Crippen LogP contribution in [0.3, 0.4) is 0 Å². The fraction of sp³-hybridized carbons (Fsp3) is 0.300. The van der Waals surface area contributed by atoms with Crippen molar-refractivity contribution in [1.29, 1.82) is 0 Å². The summed E-state index contributed by atoms with van der Waals surface area (Å²) in [5.74, 6) is 2.06. The van der Waals surface area contributed by atoms with Crippen LogP contribution in [-0.4, -0.2) is 47.1 Å². The molecule has 5 nitrogen and oxygen atoms in total. The van der Waals surface area contributed by atoms with Crippen LogP contribution in [0.2, 0.25) is 0 Å². The maximum absolute atomic E-state index is 4.76. The van der Waals surface area contributed by atoms with Gasteiger partial charge in [-0.05, 0) is 56.9 Å². The van der Waals surface area contributed by atoms with Gasteiger partial charge in [-0.2, -0.15) is 0 Å². The lowest BCUT2D eigenvalue weighted by atomic mass is 10.0. The molecule has 1 saturated heterocycles. The summed E-state index contributed by atoms with van der Waals surface area (Å²) in [6.07, 6.45) is 9.73. The average molecular weight is 466 g/mol. The number of aliphatic imine (C=N–C) groups is 1. The minimum Gasteiger partial charge on any atom is -0.357 e. The molecule has 1 aliphatic heterocycles. The molecule has 0 N–H and O–H groups in total. The van der Waals surface area contributed by atoms with E-state index in [9.17, 15) is 0 Å². The molecule has 0 bridgehead atoms. The first-order valence-corrected chi connectivity index (χ1v) is 12.4. The highest BCUT2D eigenvalue weighted by Crippen LogP contribution is 2.26. The first-order chi connectivity index (χ1) is 17.1. The van der Waals surface area contributed by atoms with Gasteiger partial charge in [0.1, 0.15) is 5.84 Å². The molecule has 4 rings (SSSR count). The van der Waals surface area contributed by atoms with Crippen LogP contribution in [0.15, 0.2) is 90.1 Å². The molecule has 1 aliphatic rings. The summed E-state index contributed by atoms with van der Waals surface area (Å²) < 4.78 is 0. The van der Waals surface area contributed by atoms with E-state index in [1.807, 2.05) is 31.4 Å². The van der Waals surface area contributed by atoms with E-state index in [0.29, 0.717) is 0 Å². The van der Waals surface area contributed by atoms with Gasteiger partial charge < -0.3 is 9.80 Å². The van der Waals surface area contributed by atoms with Crippen LogP contribution in [0.25, 0.3) is 11.3 Å². The lowest BCUT2D eigenvalue weighted by molar-refractivity contribution is 0.382. The number of benzene rings is 2. The highest BCUT2D eigenvalue weighted by atomic mass is 15.3. The molecule has 5 heteroatoms. The van der Waals surface area contributed by atoms with E-state index in [-0.39, 0.29) is 0 Å². The Labute approximate surface area is 209 Å². The van der Waals surface area contributed by atoms with Crippen LogP contribution >= 0.6 is 0 Å². The van der Waals surface area contributed by atoms with Gasteiger partial charge in [0.15, 0.2) is 5.82 Å². The molecule has 2 heterocycles. The van der Waals surface area contributed by atoms with E-state index in [1.165, 1.54) is 16.7 Å². The molecule has 0 aliphatic carbocycles. The minimum absolute atomic E-state index is 0.905. The lowest BCUT2D eigenvalue weighted by Crippen LogP contribution is -2.48. The molecule has 0 amide bonds. The Hall–Kier alpha value is -3.73. The number of aryl methyl sites for hydroxylation is 3. The number of rotatable bonds is 7. The normalized spacial score (nSPS) is 14.9. The zero-order chi connectivity index (χ0) is 24.5. The second kappa shape index (κ2) is 12.1. The number of aromatic nitrogens is 2. The highest BCUT2D eigenvalue weighted by molar-refractivity contribution is 5.80. The van der Waals surface area contributed by atoms with Gasteiger partial charge in [0.2, 0.25) is 0 Å². The van der Waals surface area contributed by atoms with E-state index in [1.54, 1.807) is 0 Å². The van der Waals surface area contributed by atoms with Crippen LogP contribution in [0, 0.1) is 6.92 Å². The SMILES string of the molecule is C/C=C/C=C\N=C(C)N1CCN(c2nnc(-c3ccc(C)cc3)cc2CCc2ccccc2)CC1. The molecule has 0 spiro atoms. The molecule has 1 aromatic heterocycles. The van der Waals surface area contributed by atoms with Gasteiger partial charge in [-0.3, -0.25) is 0 Å². The van der Waals surface area contributed by atoms with E-state index in [4.69, 9.17) is 5.10 Å². The van der Waals surface area contributed by atoms with Crippen LogP contribution < -0.4 is 4.90 Å². The van der Waals surface area contributed by atoms with Crippen molar-refractivity contribution in [3.8, 4) is 11.3 Å². The highest BCUT2D eigenvalue weighted by Gasteiger charge is 2.22. The van der Waals surface area contributed by atoms with E-state index < -0.39 is 0 Å². The van der Waals surface area contributed by atoms with E-state index in [2.05, 4.69) is 94.4 Å². The summed E-state index contributed by atoms with van der Waals surface area (Å²) in [7, 11) is 0. The lowest BCUT2D eigenvalue weighted by Gasteiger charge is -2.37. The Morgan fingerprint density at radius 3 is 2.37 bits per heavy atom. The zero-order valence-corrected chi connectivity index (χ0v) is 21.1. The van der Waals surface area contributed by atoms with Gasteiger partial charge in [-0.1, -0.05) is 72.3 Å². The first kappa shape index (κ1) is 24.4. The summed E-state index contributed by atoms with van der Waals surface area (Å²) in [5.41, 5.74) is 5.89. The van der Waals surface area contributed by atoms with Crippen molar-refractivity contribution < 1.29 is 0 Å². The van der Waals surface area contributed by atoms with Crippen LogP contribution in [0.5, 0.6) is 0 Å². The summed E-state index contributed by atoms with van der Waals surface area (Å²) >= 11 is 0. The third-order valence-corrected chi connectivity index (χ3v) is 6.41. The van der Waals surface area contributed by atoms with Crippen molar-refractivity contribution in [2.45, 2.75) is 33.6 Å². The second-order valence-corrected chi connectivity index (χ2v) is 8.95. The molecule has 180 valence electrons. The van der Waals surface area contributed by atoms with Gasteiger partial charge in [-0.25, -0.2) is 4.99 Å². The molecule has 0 unspecified atom stereocenters. The maximum Gasteiger partial charge on any atom is 0.154 e. The summed E-state index contributed by atoms with van der Waals surface area (Å²) in [4.78, 5) is 9.30. The summed E-state index contributed by atoms with van der Waals surface area (Å²) in [5, 5.41) is 9.40. The van der Waals surface area contributed by atoms with E-state index in [0.717, 1.165) is 61.9 Å². The fourth-order valence-corrected chi connectivity index (χ4v) is 4.30. The van der Waals surface area contributed by atoms with Crippen molar-refractivity contribution in [3.05, 3.63) is 102 Å². The molecule has 1 fully saturated rings. The Kier molecular flexibility index (Phi) is 8.44. The van der Waals surface area contributed by atoms with Gasteiger partial charge in [0.25, 0.3) is 0 Å². The maximum atomic E-state index is 4.76. The van der Waals surface area contributed by atoms with Crippen LogP contribution in [0.4, 0.5) is 5.82 Å². The standard InChI is InChI=1S/C30H35N5/c1-4-5-9-18-31-25(3)34-19-21-35(22-20-34)30-28(17-14-26-10-7-6-8-11-26)23-29(32-33-30)27-15-12-24(2)13-16-27/h4-13,15-16,18,23H,14,17,19-22H2,1-3H3/b5-4+,18-9-,31-25?. The van der Waals surface area contributed by atoms with Gasteiger partial charge in [0, 0.05) is 37.9 Å². The Morgan fingerprint density at radius 2 is 1.66 bits per heavy atom. The van der Waals surface area contributed by atoms with Crippen LogP contribution in [0.1, 0.15) is 30.5 Å².